The molecule has 1 atom stereocenters. The Kier molecular flexibility index (Phi) is 4.66. The van der Waals surface area contributed by atoms with Gasteiger partial charge in [0.1, 0.15) is 0 Å². The van der Waals surface area contributed by atoms with Crippen molar-refractivity contribution >= 4 is 11.8 Å². The highest BCUT2D eigenvalue weighted by atomic mass is 16.3. The Morgan fingerprint density at radius 1 is 1.28 bits per heavy atom. The van der Waals surface area contributed by atoms with Gasteiger partial charge in [-0.1, -0.05) is 0 Å². The van der Waals surface area contributed by atoms with Crippen molar-refractivity contribution in [3.05, 3.63) is 24.0 Å². The van der Waals surface area contributed by atoms with Crippen LogP contribution in [-0.4, -0.2) is 64.1 Å². The molecule has 3 heterocycles. The van der Waals surface area contributed by atoms with Crippen molar-refractivity contribution in [1.29, 1.82) is 0 Å². The number of aromatic nitrogens is 1. The average Bonchev–Trinajstić information content (AvgIpc) is 3.19. The van der Waals surface area contributed by atoms with Crippen LogP contribution in [0.15, 0.2) is 18.5 Å². The van der Waals surface area contributed by atoms with E-state index in [2.05, 4.69) is 20.8 Å². The van der Waals surface area contributed by atoms with E-state index in [0.717, 1.165) is 19.3 Å². The summed E-state index contributed by atoms with van der Waals surface area (Å²) in [6.07, 6.45) is 6.33. The summed E-state index contributed by atoms with van der Waals surface area (Å²) in [5, 5.41) is 9.16. The van der Waals surface area contributed by atoms with E-state index >= 15 is 0 Å². The summed E-state index contributed by atoms with van der Waals surface area (Å²) in [6, 6.07) is 1.86. The SMILES string of the molecule is CC(C)(C)n1ccc(C(=O)N2CC[C@]3(CCCN(CCO)C3=O)C2)c1. The Morgan fingerprint density at radius 3 is 2.68 bits per heavy atom. The van der Waals surface area contributed by atoms with E-state index in [4.69, 9.17) is 5.11 Å². The maximum absolute atomic E-state index is 12.9. The molecule has 0 aromatic carbocycles. The maximum Gasteiger partial charge on any atom is 0.255 e. The summed E-state index contributed by atoms with van der Waals surface area (Å²) < 4.78 is 2.04. The minimum Gasteiger partial charge on any atom is -0.395 e. The number of carbonyl (C=O) groups excluding carboxylic acids is 2. The number of β-amino-alcohol motifs (C(OH)–C–C–N with tert-alkyl or cyclic N) is 1. The van der Waals surface area contributed by atoms with Crippen molar-refractivity contribution in [1.82, 2.24) is 14.4 Å². The first-order valence-electron chi connectivity index (χ1n) is 9.15. The normalized spacial score (nSPS) is 24.4. The summed E-state index contributed by atoms with van der Waals surface area (Å²) in [7, 11) is 0. The first-order valence-corrected chi connectivity index (χ1v) is 9.15. The van der Waals surface area contributed by atoms with Crippen LogP contribution in [0.2, 0.25) is 0 Å². The first-order chi connectivity index (χ1) is 11.8. The summed E-state index contributed by atoms with van der Waals surface area (Å²) in [5.74, 6) is 0.113. The van der Waals surface area contributed by atoms with Gasteiger partial charge in [0.2, 0.25) is 5.91 Å². The smallest absolute Gasteiger partial charge is 0.255 e. The second kappa shape index (κ2) is 6.48. The summed E-state index contributed by atoms with van der Waals surface area (Å²) in [6.45, 7) is 8.51. The van der Waals surface area contributed by atoms with Crippen molar-refractivity contribution in [3.63, 3.8) is 0 Å². The first kappa shape index (κ1) is 18.0. The molecule has 3 rings (SSSR count). The van der Waals surface area contributed by atoms with Gasteiger partial charge in [0, 0.05) is 44.1 Å². The fourth-order valence-corrected chi connectivity index (χ4v) is 4.03. The number of likely N-dealkylation sites (tertiary alicyclic amines) is 2. The van der Waals surface area contributed by atoms with Gasteiger partial charge >= 0.3 is 0 Å². The lowest BCUT2D eigenvalue weighted by atomic mass is 9.78. The van der Waals surface area contributed by atoms with Crippen LogP contribution in [0.3, 0.4) is 0 Å². The van der Waals surface area contributed by atoms with Gasteiger partial charge in [-0.05, 0) is 46.1 Å². The van der Waals surface area contributed by atoms with Gasteiger partial charge in [-0.3, -0.25) is 9.59 Å². The molecule has 1 aromatic heterocycles. The Bertz CT molecular complexity index is 659. The lowest BCUT2D eigenvalue weighted by Gasteiger charge is -2.39. The lowest BCUT2D eigenvalue weighted by molar-refractivity contribution is -0.146. The molecule has 0 radical (unpaired) electrons. The number of aliphatic hydroxyl groups excluding tert-OH is 1. The number of hydrogen-bond donors (Lipinski definition) is 1. The van der Waals surface area contributed by atoms with Crippen molar-refractivity contribution in [2.75, 3.05) is 32.8 Å². The third-order valence-electron chi connectivity index (χ3n) is 5.55. The Morgan fingerprint density at radius 2 is 2.04 bits per heavy atom. The van der Waals surface area contributed by atoms with Gasteiger partial charge in [-0.15, -0.1) is 0 Å². The Balaban J connectivity index is 1.73. The van der Waals surface area contributed by atoms with Crippen LogP contribution in [0.4, 0.5) is 0 Å². The van der Waals surface area contributed by atoms with Crippen LogP contribution in [0.1, 0.15) is 50.4 Å². The Labute approximate surface area is 149 Å². The van der Waals surface area contributed by atoms with E-state index in [-0.39, 0.29) is 24.0 Å². The summed E-state index contributed by atoms with van der Waals surface area (Å²) >= 11 is 0. The van der Waals surface area contributed by atoms with E-state index in [1.165, 1.54) is 0 Å². The highest BCUT2D eigenvalue weighted by molar-refractivity contribution is 5.95. The van der Waals surface area contributed by atoms with E-state index in [1.807, 2.05) is 27.9 Å². The van der Waals surface area contributed by atoms with Crippen LogP contribution < -0.4 is 0 Å². The second-order valence-electron chi connectivity index (χ2n) is 8.35. The molecule has 0 bridgehead atoms. The van der Waals surface area contributed by atoms with Crippen molar-refractivity contribution in [3.8, 4) is 0 Å². The van der Waals surface area contributed by atoms with Gasteiger partial charge < -0.3 is 19.5 Å². The molecule has 6 heteroatoms. The molecule has 2 aliphatic rings. The largest absolute Gasteiger partial charge is 0.395 e. The van der Waals surface area contributed by atoms with Crippen LogP contribution in [-0.2, 0) is 10.3 Å². The number of amides is 2. The van der Waals surface area contributed by atoms with E-state index in [9.17, 15) is 9.59 Å². The molecule has 0 unspecified atom stereocenters. The molecular formula is C19H29N3O3. The van der Waals surface area contributed by atoms with E-state index in [1.54, 1.807) is 4.90 Å². The molecule has 2 aliphatic heterocycles. The van der Waals surface area contributed by atoms with Crippen LogP contribution >= 0.6 is 0 Å². The van der Waals surface area contributed by atoms with Crippen LogP contribution in [0, 0.1) is 5.41 Å². The fourth-order valence-electron chi connectivity index (χ4n) is 4.03. The van der Waals surface area contributed by atoms with Gasteiger partial charge in [0.25, 0.3) is 5.91 Å². The van der Waals surface area contributed by atoms with Gasteiger partial charge in [-0.2, -0.15) is 0 Å². The van der Waals surface area contributed by atoms with E-state index < -0.39 is 5.41 Å². The Hall–Kier alpha value is -1.82. The summed E-state index contributed by atoms with van der Waals surface area (Å²) in [5.41, 5.74) is 0.173. The number of nitrogens with zero attached hydrogens (tertiary/aromatic N) is 3. The monoisotopic (exact) mass is 347 g/mol. The quantitative estimate of drug-likeness (QED) is 0.905. The van der Waals surface area contributed by atoms with Crippen molar-refractivity contribution in [2.24, 2.45) is 5.41 Å². The maximum atomic E-state index is 12.9. The molecule has 1 spiro atoms. The zero-order valence-electron chi connectivity index (χ0n) is 15.5. The standard InChI is InChI=1S/C19H29N3O3/c1-18(2,3)22-9-5-15(13-22)16(24)21-10-7-19(14-21)6-4-8-20(11-12-23)17(19)25/h5,9,13,23H,4,6-8,10-12,14H2,1-3H3/t19-/m1/s1. The molecule has 0 aliphatic carbocycles. The van der Waals surface area contributed by atoms with Crippen molar-refractivity contribution in [2.45, 2.75) is 45.6 Å². The molecular weight excluding hydrogens is 318 g/mol. The molecule has 6 nitrogen and oxygen atoms in total. The minimum absolute atomic E-state index is 0.00644. The average molecular weight is 347 g/mol. The zero-order valence-corrected chi connectivity index (χ0v) is 15.5. The van der Waals surface area contributed by atoms with Gasteiger partial charge in [0.05, 0.1) is 17.6 Å². The van der Waals surface area contributed by atoms with Gasteiger partial charge in [0.15, 0.2) is 0 Å². The number of aliphatic hydroxyl groups is 1. The van der Waals surface area contributed by atoms with E-state index in [0.29, 0.717) is 31.7 Å². The van der Waals surface area contributed by atoms with Crippen LogP contribution in [0.25, 0.3) is 0 Å². The van der Waals surface area contributed by atoms with Gasteiger partial charge in [-0.25, -0.2) is 0 Å². The fraction of sp³-hybridized carbons (Fsp3) is 0.684. The predicted molar refractivity (Wildman–Crippen MR) is 95.3 cm³/mol. The molecule has 2 fully saturated rings. The predicted octanol–water partition coefficient (Wildman–Crippen LogP) is 1.69. The number of piperidine rings is 1. The highest BCUT2D eigenvalue weighted by Gasteiger charge is 2.49. The van der Waals surface area contributed by atoms with Crippen molar-refractivity contribution < 1.29 is 14.7 Å². The molecule has 1 N–H and O–H groups in total. The molecule has 2 saturated heterocycles. The second-order valence-corrected chi connectivity index (χ2v) is 8.35. The number of rotatable bonds is 3. The molecule has 0 saturated carbocycles. The highest BCUT2D eigenvalue weighted by Crippen LogP contribution is 2.40. The zero-order chi connectivity index (χ0) is 18.2. The third-order valence-corrected chi connectivity index (χ3v) is 5.55. The molecule has 2 amide bonds. The third kappa shape index (κ3) is 3.32. The van der Waals surface area contributed by atoms with Crippen LogP contribution in [0.5, 0.6) is 0 Å². The molecule has 1 aromatic rings. The topological polar surface area (TPSA) is 65.8 Å². The lowest BCUT2D eigenvalue weighted by Crippen LogP contribution is -2.51. The molecule has 138 valence electrons. The summed E-state index contributed by atoms with van der Waals surface area (Å²) in [4.78, 5) is 29.3. The number of carbonyl (C=O) groups is 2. The molecule has 25 heavy (non-hydrogen) atoms. The minimum atomic E-state index is -0.449. The number of hydrogen-bond acceptors (Lipinski definition) is 3.